The number of amides is 3. The summed E-state index contributed by atoms with van der Waals surface area (Å²) in [7, 11) is 1.28. The average Bonchev–Trinajstić information content (AvgIpc) is 4.19. The third-order valence-corrected chi connectivity index (χ3v) is 12.9. The normalized spacial score (nSPS) is 18.9. The highest BCUT2D eigenvalue weighted by Gasteiger charge is 2.42. The maximum absolute atomic E-state index is 14.2. The summed E-state index contributed by atoms with van der Waals surface area (Å²) in [4.78, 5) is 82.3. The number of likely N-dealkylation sites (tertiary alicyclic amines) is 2. The molecule has 0 saturated carbocycles. The first-order chi connectivity index (χ1) is 31.3. The molecular formula is C48H50N8O8S. The lowest BCUT2D eigenvalue weighted by atomic mass is 9.98. The lowest BCUT2D eigenvalue weighted by Gasteiger charge is -2.28. The van der Waals surface area contributed by atoms with E-state index in [0.29, 0.717) is 43.0 Å². The molecule has 4 heterocycles. The highest BCUT2D eigenvalue weighted by atomic mass is 32.2. The molecule has 2 aliphatic rings. The van der Waals surface area contributed by atoms with Crippen LogP contribution in [-0.2, 0) is 28.9 Å². The minimum absolute atomic E-state index is 0. The predicted octanol–water partition coefficient (Wildman–Crippen LogP) is 6.84. The molecular weight excluding hydrogens is 849 g/mol. The number of methoxy groups -OCH3 is 1. The smallest absolute Gasteiger partial charge is 0.407 e. The van der Waals surface area contributed by atoms with Crippen LogP contribution < -0.4 is 5.32 Å². The molecule has 8 rings (SSSR count). The lowest BCUT2D eigenvalue weighted by Crippen LogP contribution is -2.43. The van der Waals surface area contributed by atoms with Gasteiger partial charge in [-0.15, -0.1) is 0 Å². The first-order valence-electron chi connectivity index (χ1n) is 20.9. The number of aromatic amines is 2. The summed E-state index contributed by atoms with van der Waals surface area (Å²) in [6.45, 7) is 0.659. The molecule has 65 heavy (non-hydrogen) atoms. The van der Waals surface area contributed by atoms with Crippen LogP contribution in [0.2, 0.25) is 0 Å². The quantitative estimate of drug-likeness (QED) is 0.0198. The number of aldehydes is 1. The Morgan fingerprint density at radius 1 is 0.769 bits per heavy atom. The van der Waals surface area contributed by atoms with Gasteiger partial charge in [0.05, 0.1) is 48.9 Å². The van der Waals surface area contributed by atoms with Gasteiger partial charge in [0.15, 0.2) is 0 Å². The minimum atomic E-state index is -0.914. The molecule has 3 amide bonds. The Kier molecular flexibility index (Phi) is 14.9. The number of rotatable bonds is 16. The van der Waals surface area contributed by atoms with Crippen molar-refractivity contribution in [2.75, 3.05) is 33.1 Å². The fourth-order valence-electron chi connectivity index (χ4n) is 8.54. The van der Waals surface area contributed by atoms with Crippen molar-refractivity contribution >= 4 is 42.4 Å². The number of aromatic nitrogens is 4. The van der Waals surface area contributed by atoms with E-state index in [1.165, 1.54) is 7.11 Å². The number of nitrogens with zero attached hydrogens (tertiary/aromatic N) is 4. The Morgan fingerprint density at radius 3 is 1.82 bits per heavy atom. The van der Waals surface area contributed by atoms with Gasteiger partial charge in [-0.2, -0.15) is 16.6 Å². The Morgan fingerprint density at radius 2 is 1.29 bits per heavy atom. The fraction of sp³-hybridized carbons (Fsp3) is 0.271. The third-order valence-electron chi connectivity index (χ3n) is 11.9. The predicted molar refractivity (Wildman–Crippen MR) is 245 cm³/mol. The minimum Gasteiger partial charge on any atom is -0.453 e. The number of imidazole rings is 2. The molecule has 4 aromatic carbocycles. The molecule has 336 valence electrons. The zero-order valence-corrected chi connectivity index (χ0v) is 36.6. The van der Waals surface area contributed by atoms with Crippen molar-refractivity contribution in [1.29, 1.82) is 5.41 Å². The zero-order valence-electron chi connectivity index (χ0n) is 35.8. The van der Waals surface area contributed by atoms with Gasteiger partial charge in [0, 0.05) is 24.3 Å². The highest BCUT2D eigenvalue weighted by molar-refractivity contribution is 7.99. The summed E-state index contributed by atoms with van der Waals surface area (Å²) in [6, 6.07) is 33.0. The molecule has 0 unspecified atom stereocenters. The van der Waals surface area contributed by atoms with Crippen LogP contribution >= 0.6 is 11.8 Å². The Hall–Kier alpha value is -7.08. The number of alkyl carbamates (subject to hydrolysis) is 1. The average molecular weight is 899 g/mol. The molecule has 2 aromatic heterocycles. The topological polar surface area (TPSA) is 227 Å². The standard InChI is InChI=1S/C48H48N8O7S.H2O/c1-61-48(60)54-43(36-11-7-4-8-12-36)47(59)56-26-37(64-2)22-42(56)45-51-24-40(53-45)35-19-15-32(16-20-35)31-13-17-34(18-14-31)39-23-50-44(52-39)41-21-30(27-57)25-55(41)46(58)38(28-62-63-29-49)33-9-5-3-6-10-33;/h3-20,23-24,27,29-30,37-38,41-43,49H,21-22,25-26,28H2,1-2H3,(H,50,52)(H,51,53)(H,54,60);1H2/t30-,37-,38-,41-,42-,43-;/m0./s1. The van der Waals surface area contributed by atoms with Crippen LogP contribution in [0.25, 0.3) is 33.6 Å². The van der Waals surface area contributed by atoms with Crippen LogP contribution in [0.1, 0.15) is 59.7 Å². The van der Waals surface area contributed by atoms with E-state index in [-0.39, 0.29) is 47.7 Å². The van der Waals surface area contributed by atoms with Crippen molar-refractivity contribution in [2.24, 2.45) is 5.92 Å². The summed E-state index contributed by atoms with van der Waals surface area (Å²) in [5, 5.41) is 10.1. The molecule has 6 atom stereocenters. The second kappa shape index (κ2) is 21.1. The van der Waals surface area contributed by atoms with Crippen molar-refractivity contribution in [3.8, 4) is 33.6 Å². The van der Waals surface area contributed by atoms with Crippen molar-refractivity contribution in [3.63, 3.8) is 0 Å². The molecule has 6 aromatic rings. The molecule has 16 nitrogen and oxygen atoms in total. The summed E-state index contributed by atoms with van der Waals surface area (Å²) >= 11 is 1.70. The van der Waals surface area contributed by atoms with E-state index >= 15 is 0 Å². The van der Waals surface area contributed by atoms with Gasteiger partial charge in [-0.05, 0) is 52.5 Å². The summed E-state index contributed by atoms with van der Waals surface area (Å²) < 4.78 is 4.86. The summed E-state index contributed by atoms with van der Waals surface area (Å²) in [5.41, 5.74) is 6.87. The van der Waals surface area contributed by atoms with Crippen LogP contribution in [-0.4, -0.2) is 104 Å². The molecule has 17 heteroatoms. The van der Waals surface area contributed by atoms with Crippen molar-refractivity contribution in [2.45, 2.75) is 42.1 Å². The van der Waals surface area contributed by atoms with Gasteiger partial charge in [-0.1, -0.05) is 109 Å². The van der Waals surface area contributed by atoms with E-state index in [4.69, 9.17) is 24.9 Å². The van der Waals surface area contributed by atoms with Crippen LogP contribution in [0.5, 0.6) is 0 Å². The van der Waals surface area contributed by atoms with Crippen LogP contribution in [0, 0.1) is 11.3 Å². The molecule has 6 N–H and O–H groups in total. The van der Waals surface area contributed by atoms with Crippen molar-refractivity contribution < 1.29 is 39.2 Å². The molecule has 0 bridgehead atoms. The van der Waals surface area contributed by atoms with E-state index in [9.17, 15) is 19.2 Å². The SMILES string of the molecule is COC(=O)N[C@H](C(=O)N1C[C@@H](SC)C[C@H]1c1ncc(-c2ccc(-c3ccc(-c4cnc([C@@H]5C[C@H](C=O)CN5C(=O)[C@@H](COOC=N)c5ccccc5)[nH]4)cc3)cc2)[nH]1)c1ccccc1.O. The van der Waals surface area contributed by atoms with E-state index in [1.807, 2.05) is 103 Å². The number of ether oxygens (including phenoxy) is 1. The second-order valence-corrected chi connectivity index (χ2v) is 16.8. The van der Waals surface area contributed by atoms with E-state index in [0.717, 1.165) is 45.5 Å². The van der Waals surface area contributed by atoms with Gasteiger partial charge >= 0.3 is 6.09 Å². The maximum Gasteiger partial charge on any atom is 0.407 e. The zero-order chi connectivity index (χ0) is 44.6. The van der Waals surface area contributed by atoms with Crippen LogP contribution in [0.15, 0.2) is 122 Å². The molecule has 2 aliphatic heterocycles. The molecule has 0 radical (unpaired) electrons. The molecule has 0 aliphatic carbocycles. The van der Waals surface area contributed by atoms with Crippen molar-refractivity contribution in [1.82, 2.24) is 35.1 Å². The van der Waals surface area contributed by atoms with Crippen LogP contribution in [0.4, 0.5) is 4.79 Å². The van der Waals surface area contributed by atoms with E-state index in [2.05, 4.69) is 32.4 Å². The molecule has 0 spiro atoms. The highest BCUT2D eigenvalue weighted by Crippen LogP contribution is 2.39. The Bertz CT molecular complexity index is 2560. The fourth-order valence-corrected chi connectivity index (χ4v) is 9.23. The van der Waals surface area contributed by atoms with Gasteiger partial charge < -0.3 is 45.0 Å². The lowest BCUT2D eigenvalue weighted by molar-refractivity contribution is -0.221. The number of thioether (sulfide) groups is 1. The van der Waals surface area contributed by atoms with E-state index < -0.39 is 24.1 Å². The largest absolute Gasteiger partial charge is 0.453 e. The van der Waals surface area contributed by atoms with E-state index in [1.54, 1.807) is 34.0 Å². The summed E-state index contributed by atoms with van der Waals surface area (Å²) in [6.07, 6.45) is 7.58. The summed E-state index contributed by atoms with van der Waals surface area (Å²) in [5.74, 6) is -0.259. The molecule has 2 saturated heterocycles. The van der Waals surface area contributed by atoms with Gasteiger partial charge in [0.1, 0.15) is 30.6 Å². The van der Waals surface area contributed by atoms with Gasteiger partial charge in [-0.3, -0.25) is 15.0 Å². The van der Waals surface area contributed by atoms with Gasteiger partial charge in [0.25, 0.3) is 5.91 Å². The number of hydrogen-bond donors (Lipinski definition) is 4. The number of hydrogen-bond acceptors (Lipinski definition) is 11. The third kappa shape index (κ3) is 10.2. The number of nitrogens with one attached hydrogen (secondary N) is 4. The van der Waals surface area contributed by atoms with Crippen LogP contribution in [0.3, 0.4) is 0 Å². The Labute approximate surface area is 379 Å². The maximum atomic E-state index is 14.2. The number of carbonyl (C=O) groups excluding carboxylic acids is 4. The monoisotopic (exact) mass is 898 g/mol. The van der Waals surface area contributed by atoms with Crippen molar-refractivity contribution in [3.05, 3.63) is 144 Å². The number of benzene rings is 4. The first-order valence-corrected chi connectivity index (χ1v) is 22.2. The first kappa shape index (κ1) is 45.9. The van der Waals surface area contributed by atoms with Gasteiger partial charge in [0.2, 0.25) is 12.3 Å². The number of carbonyl (C=O) groups is 4. The Balaban J connectivity index is 0.00000630. The van der Waals surface area contributed by atoms with Gasteiger partial charge in [-0.25, -0.2) is 14.8 Å². The molecule has 2 fully saturated rings. The number of H-pyrrole nitrogens is 2. The second-order valence-electron chi connectivity index (χ2n) is 15.7.